The molecule has 0 spiro atoms. The van der Waals surface area contributed by atoms with Crippen LogP contribution in [0, 0.1) is 0 Å². The van der Waals surface area contributed by atoms with Crippen LogP contribution in [-0.4, -0.2) is 152 Å². The van der Waals surface area contributed by atoms with Crippen molar-refractivity contribution >= 4 is 115 Å². The maximum atomic E-state index is 11.7. The summed E-state index contributed by atoms with van der Waals surface area (Å²) in [6.45, 7) is 10.8. The summed E-state index contributed by atoms with van der Waals surface area (Å²) in [6, 6.07) is 29.3. The molecule has 6 heterocycles. The van der Waals surface area contributed by atoms with Gasteiger partial charge in [-0.25, -0.2) is 48.2 Å². The number of phenolic OH excluding ortho intramolecular Hbond substituents is 2. The van der Waals surface area contributed by atoms with Gasteiger partial charge in [-0.2, -0.15) is 0 Å². The lowest BCUT2D eigenvalue weighted by atomic mass is 10.1. The number of nitrogens with two attached hydrogens (primary N) is 6. The minimum absolute atomic E-state index is 0.0292. The van der Waals surface area contributed by atoms with Crippen molar-refractivity contribution in [2.24, 2.45) is 17.2 Å². The summed E-state index contributed by atoms with van der Waals surface area (Å²) in [6.07, 6.45) is 9.26. The number of hydrogen-bond donors (Lipinski definition) is 16. The molecular formula is C75H97N15O21P4. The summed E-state index contributed by atoms with van der Waals surface area (Å²) in [5.41, 5.74) is 45.3. The Kier molecular flexibility index (Phi) is 30.1. The molecule has 0 unspecified atom stereocenters. The number of benzene rings is 6. The second kappa shape index (κ2) is 39.4. The van der Waals surface area contributed by atoms with Crippen molar-refractivity contribution in [3.63, 3.8) is 0 Å². The zero-order valence-electron chi connectivity index (χ0n) is 63.6. The Labute approximate surface area is 660 Å². The molecule has 0 aliphatic rings. The van der Waals surface area contributed by atoms with Gasteiger partial charge >= 0.3 is 31.3 Å². The number of pyridine rings is 3. The molecule has 0 saturated carbocycles. The van der Waals surface area contributed by atoms with Crippen LogP contribution in [0.15, 0.2) is 109 Å². The molecule has 40 heteroatoms. The van der Waals surface area contributed by atoms with Crippen LogP contribution in [0.5, 0.6) is 34.5 Å². The Morgan fingerprint density at radius 2 is 0.687 bits per heavy atom. The Morgan fingerprint density at radius 3 is 1.03 bits per heavy atom. The second-order valence-corrected chi connectivity index (χ2v) is 31.6. The summed E-state index contributed by atoms with van der Waals surface area (Å²) in [7, 11) is -19.5. The molecule has 0 saturated heterocycles. The molecule has 22 N–H and O–H groups in total. The minimum Gasteiger partial charge on any atom is -0.508 e. The number of anilines is 3. The highest BCUT2D eigenvalue weighted by Gasteiger charge is 2.28. The number of phosphoric ester groups is 4. The number of phosphoric acid groups is 4. The molecule has 36 nitrogen and oxygen atoms in total. The lowest BCUT2D eigenvalue weighted by molar-refractivity contribution is 0.144. The fourth-order valence-electron chi connectivity index (χ4n) is 13.1. The number of ether oxygens (including phenoxy) is 3. The van der Waals surface area contributed by atoms with Crippen LogP contribution >= 0.6 is 31.3 Å². The summed E-state index contributed by atoms with van der Waals surface area (Å²) in [4.78, 5) is 103. The van der Waals surface area contributed by atoms with E-state index in [2.05, 4.69) is 28.8 Å². The van der Waals surface area contributed by atoms with Crippen LogP contribution in [0.3, 0.4) is 0 Å². The minimum atomic E-state index is -4.98. The van der Waals surface area contributed by atoms with E-state index >= 15 is 0 Å². The van der Waals surface area contributed by atoms with Crippen molar-refractivity contribution in [2.75, 3.05) is 76.5 Å². The Bertz CT molecular complexity index is 5610. The van der Waals surface area contributed by atoms with E-state index < -0.39 is 31.3 Å². The number of rotatable bonds is 38. The summed E-state index contributed by atoms with van der Waals surface area (Å²) in [5, 5.41) is 23.2. The van der Waals surface area contributed by atoms with Gasteiger partial charge in [-0.3, -0.25) is 39.1 Å². The smallest absolute Gasteiger partial charge is 0.508 e. The predicted molar refractivity (Wildman–Crippen MR) is 436 cm³/mol. The fraction of sp³-hybridized carbons (Fsp3) is 0.360. The largest absolute Gasteiger partial charge is 0.524 e. The third-order valence-corrected chi connectivity index (χ3v) is 20.0. The molecule has 6 aromatic carbocycles. The fourth-order valence-corrected chi connectivity index (χ4v) is 14.7. The molecular weight excluding hydrogens is 1570 g/mol. The number of nitrogens with zero attached hydrogens (tertiary/aromatic N) is 9. The third kappa shape index (κ3) is 23.9. The predicted octanol–water partition coefficient (Wildman–Crippen LogP) is 9.52. The van der Waals surface area contributed by atoms with Gasteiger partial charge in [0.15, 0.2) is 17.5 Å². The van der Waals surface area contributed by atoms with Gasteiger partial charge in [-0.15, -0.1) is 0 Å². The summed E-state index contributed by atoms with van der Waals surface area (Å²) in [5.74, 6) is 2.40. The summed E-state index contributed by atoms with van der Waals surface area (Å²) >= 11 is 0. The number of nitrogen functional groups attached to an aromatic ring is 3. The normalized spacial score (nSPS) is 12.1. The Morgan fingerprint density at radius 1 is 0.365 bits per heavy atom. The molecule has 0 radical (unpaired) electrons. The van der Waals surface area contributed by atoms with E-state index in [1.54, 1.807) is 0 Å². The number of aromatic hydroxyl groups is 2. The van der Waals surface area contributed by atoms with Crippen LogP contribution in [0.25, 0.3) is 65.8 Å². The standard InChI is InChI=1S/C25H33N5O9P2.2C25H32N5O6P/c1-2-3-4-22-29-23-24(19-13-16(9-11-37-12-10-26)5-7-20(19)28-25(23)27)30(22)15-17-14-18(38-40(31,32)33)6-8-21(17)39-41(34,35)36;1-2-3-4-22-29-23-24(30(22)15-17-14-18(6-8-21(17)31)36-37(32,33)34)19-13-16(9-11-35-12-10-26)5-7-20(19)28-25(23)27;1-2-3-4-22-29-23-24(30(22)15-17-14-18(31)6-8-21(17)36-37(32,33)34)19-13-16(9-11-35-12-10-26)5-7-20(19)28-25(23)27/h5-8,13-14H,2-4,9-12,15,26H2,1H3,(H2,27,28)(H2,31,32,33)(H2,34,35,36);2*5-8,13-14,31H,2-4,9-12,15,26H2,1H3,(H2,27,28)(H2,32,33,34). The van der Waals surface area contributed by atoms with E-state index in [4.69, 9.17) is 81.7 Å². The maximum absolute atomic E-state index is 11.7. The van der Waals surface area contributed by atoms with Crippen molar-refractivity contribution in [3.8, 4) is 34.5 Å². The lowest BCUT2D eigenvalue weighted by Gasteiger charge is -2.17. The molecule has 0 amide bonds. The Hall–Kier alpha value is -9.48. The van der Waals surface area contributed by atoms with Crippen molar-refractivity contribution in [2.45, 2.75) is 117 Å². The molecule has 0 aliphatic heterocycles. The van der Waals surface area contributed by atoms with E-state index in [0.717, 1.165) is 100 Å². The van der Waals surface area contributed by atoms with E-state index in [1.807, 2.05) is 75.2 Å². The zero-order valence-corrected chi connectivity index (χ0v) is 67.2. The van der Waals surface area contributed by atoms with Crippen molar-refractivity contribution < 1.29 is 99.9 Å². The van der Waals surface area contributed by atoms with Gasteiger partial charge in [0.25, 0.3) is 0 Å². The molecule has 0 aliphatic carbocycles. The second-order valence-electron chi connectivity index (χ2n) is 26.9. The number of hydrogen-bond acceptors (Lipinski definition) is 25. The maximum Gasteiger partial charge on any atom is 0.524 e. The molecule has 0 fully saturated rings. The number of aromatic nitrogens is 9. The number of unbranched alkanes of at least 4 members (excludes halogenated alkanes) is 3. The van der Waals surface area contributed by atoms with E-state index in [0.29, 0.717) is 165 Å². The highest BCUT2D eigenvalue weighted by Crippen LogP contribution is 2.46. The number of phenols is 2. The first kappa shape index (κ1) is 87.9. The first-order valence-electron chi connectivity index (χ1n) is 37.1. The zero-order chi connectivity index (χ0) is 82.9. The molecule has 0 bridgehead atoms. The molecule has 0 atom stereocenters. The van der Waals surface area contributed by atoms with Gasteiger partial charge in [-0.05, 0) is 146 Å². The SMILES string of the molecule is CCCCc1nc2c(N)nc3ccc(CCOCCN)cc3c2n1Cc1cc(O)ccc1OP(=O)(O)O.CCCCc1nc2c(N)nc3ccc(CCOCCN)cc3c2n1Cc1cc(OP(=O)(O)O)ccc1O.CCCCc1nc2c(N)nc3ccc(CCOCCN)cc3c2n1Cc1cc(OP(=O)(O)O)ccc1OP(=O)(O)O. The number of fused-ring (bicyclic) bond motifs is 9. The van der Waals surface area contributed by atoms with Gasteiger partial charge < -0.3 is 90.6 Å². The molecule has 12 aromatic rings. The average molecular weight is 1670 g/mol. The topological polar surface area (TPSA) is 583 Å². The molecule has 115 heavy (non-hydrogen) atoms. The van der Waals surface area contributed by atoms with Gasteiger partial charge in [-0.1, -0.05) is 58.2 Å². The average Bonchev–Trinajstić information content (AvgIpc) is 1.62. The first-order valence-corrected chi connectivity index (χ1v) is 43.2. The van der Waals surface area contributed by atoms with Gasteiger partial charge in [0.1, 0.15) is 68.5 Å². The summed E-state index contributed by atoms with van der Waals surface area (Å²) < 4.78 is 87.9. The molecule has 618 valence electrons. The van der Waals surface area contributed by atoms with Gasteiger partial charge in [0.2, 0.25) is 0 Å². The van der Waals surface area contributed by atoms with Crippen molar-refractivity contribution in [1.29, 1.82) is 0 Å². The monoisotopic (exact) mass is 1670 g/mol. The van der Waals surface area contributed by atoms with E-state index in [1.165, 1.54) is 48.5 Å². The highest BCUT2D eigenvalue weighted by atomic mass is 31.2. The van der Waals surface area contributed by atoms with Crippen LogP contribution in [0.2, 0.25) is 0 Å². The van der Waals surface area contributed by atoms with Crippen molar-refractivity contribution in [3.05, 3.63) is 160 Å². The number of aryl methyl sites for hydroxylation is 3. The molecule has 6 aromatic heterocycles. The third-order valence-electron chi connectivity index (χ3n) is 18.2. The van der Waals surface area contributed by atoms with Gasteiger partial charge in [0.05, 0.1) is 92.4 Å². The van der Waals surface area contributed by atoms with Crippen molar-refractivity contribution in [1.82, 2.24) is 43.6 Å². The van der Waals surface area contributed by atoms with E-state index in [9.17, 15) is 67.6 Å². The lowest BCUT2D eigenvalue weighted by Crippen LogP contribution is -2.10. The van der Waals surface area contributed by atoms with Crippen LogP contribution in [0.1, 0.15) is 110 Å². The molecule has 12 rings (SSSR count). The number of imidazole rings is 3. The van der Waals surface area contributed by atoms with E-state index in [-0.39, 0.29) is 65.5 Å². The quantitative estimate of drug-likeness (QED) is 0.0126. The van der Waals surface area contributed by atoms with Gasteiger partial charge in [0, 0.05) is 71.7 Å². The highest BCUT2D eigenvalue weighted by molar-refractivity contribution is 7.47. The Balaban J connectivity index is 0.000000183. The van der Waals surface area contributed by atoms with Crippen LogP contribution < -0.4 is 52.5 Å². The van der Waals surface area contributed by atoms with Crippen LogP contribution in [-0.2, 0) is 90.6 Å². The van der Waals surface area contributed by atoms with Crippen LogP contribution in [0.4, 0.5) is 17.5 Å². The first-order chi connectivity index (χ1) is 54.8.